The van der Waals surface area contributed by atoms with Crippen LogP contribution in [0.15, 0.2) is 42.6 Å². The summed E-state index contributed by atoms with van der Waals surface area (Å²) in [5.41, 5.74) is 2.63. The summed E-state index contributed by atoms with van der Waals surface area (Å²) in [6.07, 6.45) is 0. The molecule has 0 aromatic heterocycles. The van der Waals surface area contributed by atoms with Gasteiger partial charge in [0, 0.05) is 12.2 Å². The van der Waals surface area contributed by atoms with Crippen molar-refractivity contribution in [2.45, 2.75) is 6.54 Å². The molecule has 56 valence electrons. The van der Waals surface area contributed by atoms with Crippen molar-refractivity contribution >= 4 is 0 Å². The molecule has 11 heavy (non-hydrogen) atoms. The fraction of sp³-hybridized carbons (Fsp3) is 0.200. The molecule has 1 aromatic carbocycles. The van der Waals surface area contributed by atoms with Crippen LogP contribution in [0.2, 0.25) is 0 Å². The van der Waals surface area contributed by atoms with Gasteiger partial charge in [0.25, 0.3) is 0 Å². The van der Waals surface area contributed by atoms with E-state index in [-0.39, 0.29) is 0 Å². The van der Waals surface area contributed by atoms with Gasteiger partial charge in [-0.3, -0.25) is 0 Å². The van der Waals surface area contributed by atoms with Crippen molar-refractivity contribution in [1.82, 2.24) is 4.90 Å². The van der Waals surface area contributed by atoms with E-state index >= 15 is 0 Å². The minimum absolute atomic E-state index is 1.03. The number of hydrogen-bond donors (Lipinski definition) is 0. The molecule has 0 aliphatic carbocycles. The fourth-order valence-electron chi connectivity index (χ4n) is 1.16. The Morgan fingerprint density at radius 2 is 1.91 bits per heavy atom. The molecule has 0 unspecified atom stereocenters. The van der Waals surface area contributed by atoms with E-state index in [0.717, 1.165) is 13.1 Å². The smallest absolute Gasteiger partial charge is 0.0574 e. The lowest BCUT2D eigenvalue weighted by atomic mass is 10.2. The quantitative estimate of drug-likeness (QED) is 0.575. The SMILES string of the molecule is C=C1CN1Cc1ccccc1. The maximum Gasteiger partial charge on any atom is 0.0574 e. The maximum atomic E-state index is 3.87. The van der Waals surface area contributed by atoms with Crippen LogP contribution >= 0.6 is 0 Å². The predicted octanol–water partition coefficient (Wildman–Crippen LogP) is 2.02. The number of benzene rings is 1. The zero-order valence-corrected chi connectivity index (χ0v) is 6.46. The Bertz CT molecular complexity index is 263. The highest BCUT2D eigenvalue weighted by Crippen LogP contribution is 2.22. The average Bonchev–Trinajstić information content (AvgIpc) is 2.69. The Balaban J connectivity index is 2.02. The van der Waals surface area contributed by atoms with E-state index in [2.05, 4.69) is 35.7 Å². The van der Waals surface area contributed by atoms with Gasteiger partial charge in [-0.25, -0.2) is 0 Å². The molecule has 0 spiro atoms. The molecule has 2 rings (SSSR count). The third-order valence-electron chi connectivity index (χ3n) is 1.93. The van der Waals surface area contributed by atoms with Crippen LogP contribution in [0.25, 0.3) is 0 Å². The summed E-state index contributed by atoms with van der Waals surface area (Å²) in [6.45, 7) is 5.98. The minimum atomic E-state index is 1.03. The zero-order chi connectivity index (χ0) is 7.68. The maximum absolute atomic E-state index is 3.87. The van der Waals surface area contributed by atoms with E-state index in [1.165, 1.54) is 11.3 Å². The van der Waals surface area contributed by atoms with Gasteiger partial charge in [0.2, 0.25) is 0 Å². The van der Waals surface area contributed by atoms with E-state index in [1.807, 2.05) is 6.07 Å². The van der Waals surface area contributed by atoms with Crippen LogP contribution in [0.1, 0.15) is 5.56 Å². The van der Waals surface area contributed by atoms with Crippen LogP contribution in [-0.4, -0.2) is 11.4 Å². The Hall–Kier alpha value is -1.24. The first-order chi connectivity index (χ1) is 5.36. The van der Waals surface area contributed by atoms with Crippen molar-refractivity contribution in [1.29, 1.82) is 0 Å². The fourth-order valence-corrected chi connectivity index (χ4v) is 1.16. The van der Waals surface area contributed by atoms with Gasteiger partial charge in [0.15, 0.2) is 0 Å². The van der Waals surface area contributed by atoms with Gasteiger partial charge >= 0.3 is 0 Å². The average molecular weight is 145 g/mol. The first-order valence-corrected chi connectivity index (χ1v) is 3.83. The first kappa shape index (κ1) is 6.47. The molecule has 1 aliphatic rings. The summed E-state index contributed by atoms with van der Waals surface area (Å²) in [5.74, 6) is 0. The molecule has 0 N–H and O–H groups in total. The van der Waals surface area contributed by atoms with Gasteiger partial charge < -0.3 is 4.90 Å². The van der Waals surface area contributed by atoms with Crippen molar-refractivity contribution < 1.29 is 0 Å². The number of rotatable bonds is 2. The van der Waals surface area contributed by atoms with Gasteiger partial charge in [-0.15, -0.1) is 0 Å². The largest absolute Gasteiger partial charge is 0.364 e. The second-order valence-electron chi connectivity index (χ2n) is 2.91. The Morgan fingerprint density at radius 3 is 2.45 bits per heavy atom. The lowest BCUT2D eigenvalue weighted by Crippen LogP contribution is -1.94. The number of nitrogens with zero attached hydrogens (tertiary/aromatic N) is 1. The summed E-state index contributed by atoms with van der Waals surface area (Å²) in [7, 11) is 0. The predicted molar refractivity (Wildman–Crippen MR) is 46.0 cm³/mol. The highest BCUT2D eigenvalue weighted by molar-refractivity contribution is 5.20. The van der Waals surface area contributed by atoms with E-state index in [1.54, 1.807) is 0 Å². The van der Waals surface area contributed by atoms with Crippen LogP contribution in [0.5, 0.6) is 0 Å². The second-order valence-corrected chi connectivity index (χ2v) is 2.91. The Labute approximate surface area is 67.0 Å². The molecule has 0 radical (unpaired) electrons. The normalized spacial score (nSPS) is 15.3. The highest BCUT2D eigenvalue weighted by atomic mass is 15.3. The van der Waals surface area contributed by atoms with E-state index < -0.39 is 0 Å². The minimum Gasteiger partial charge on any atom is -0.364 e. The molecule has 1 saturated heterocycles. The van der Waals surface area contributed by atoms with Crippen molar-refractivity contribution in [2.24, 2.45) is 0 Å². The second kappa shape index (κ2) is 2.42. The standard InChI is InChI=1S/C10H11N/c1-9-7-11(9)8-10-5-3-2-4-6-10/h2-6H,1,7-8H2. The number of hydrogen-bond acceptors (Lipinski definition) is 1. The van der Waals surface area contributed by atoms with Crippen LogP contribution < -0.4 is 0 Å². The topological polar surface area (TPSA) is 3.01 Å². The molecule has 1 nitrogen and oxygen atoms in total. The summed E-state index contributed by atoms with van der Waals surface area (Å²) >= 11 is 0. The van der Waals surface area contributed by atoms with Crippen LogP contribution in [0.3, 0.4) is 0 Å². The molecule has 1 heteroatoms. The summed E-state index contributed by atoms with van der Waals surface area (Å²) in [5, 5.41) is 0. The zero-order valence-electron chi connectivity index (χ0n) is 6.46. The van der Waals surface area contributed by atoms with Crippen molar-refractivity contribution in [2.75, 3.05) is 6.54 Å². The van der Waals surface area contributed by atoms with Gasteiger partial charge in [-0.2, -0.15) is 0 Å². The summed E-state index contributed by atoms with van der Waals surface area (Å²) in [6, 6.07) is 10.5. The Kier molecular flexibility index (Phi) is 1.42. The van der Waals surface area contributed by atoms with Gasteiger partial charge in [0.05, 0.1) is 6.54 Å². The molecule has 1 aromatic rings. The van der Waals surface area contributed by atoms with Crippen molar-refractivity contribution in [3.63, 3.8) is 0 Å². The monoisotopic (exact) mass is 145 g/mol. The molecular formula is C10H11N. The van der Waals surface area contributed by atoms with Gasteiger partial charge in [-0.05, 0) is 5.56 Å². The molecule has 1 fully saturated rings. The molecule has 0 amide bonds. The van der Waals surface area contributed by atoms with Crippen LogP contribution in [-0.2, 0) is 6.54 Å². The van der Waals surface area contributed by atoms with E-state index in [4.69, 9.17) is 0 Å². The van der Waals surface area contributed by atoms with Gasteiger partial charge in [0.1, 0.15) is 0 Å². The van der Waals surface area contributed by atoms with Crippen molar-refractivity contribution in [3.05, 3.63) is 48.2 Å². The third kappa shape index (κ3) is 1.43. The third-order valence-corrected chi connectivity index (χ3v) is 1.93. The van der Waals surface area contributed by atoms with E-state index in [0.29, 0.717) is 0 Å². The van der Waals surface area contributed by atoms with Crippen LogP contribution in [0.4, 0.5) is 0 Å². The first-order valence-electron chi connectivity index (χ1n) is 3.83. The summed E-state index contributed by atoms with van der Waals surface area (Å²) < 4.78 is 0. The van der Waals surface area contributed by atoms with Crippen LogP contribution in [0, 0.1) is 0 Å². The van der Waals surface area contributed by atoms with Gasteiger partial charge in [-0.1, -0.05) is 36.9 Å². The summed E-state index contributed by atoms with van der Waals surface area (Å²) in [4.78, 5) is 2.26. The lowest BCUT2D eigenvalue weighted by molar-refractivity contribution is 0.581. The Morgan fingerprint density at radius 1 is 1.27 bits per heavy atom. The highest BCUT2D eigenvalue weighted by Gasteiger charge is 2.21. The molecule has 0 bridgehead atoms. The molecule has 1 aliphatic heterocycles. The molecule has 0 saturated carbocycles. The molecular weight excluding hydrogens is 134 g/mol. The lowest BCUT2D eigenvalue weighted by Gasteiger charge is -2.00. The molecule has 1 heterocycles. The van der Waals surface area contributed by atoms with E-state index in [9.17, 15) is 0 Å². The molecule has 0 atom stereocenters. The van der Waals surface area contributed by atoms with Crippen molar-refractivity contribution in [3.8, 4) is 0 Å².